The van der Waals surface area contributed by atoms with Crippen molar-refractivity contribution in [3.63, 3.8) is 0 Å². The second kappa shape index (κ2) is 8.20. The molecule has 2 aliphatic rings. The maximum Gasteiger partial charge on any atom is 0.323 e. The number of carbonyl (C=O) groups excluding carboxylic acids is 2. The fraction of sp³-hybridized carbons (Fsp3) is 0.474. The van der Waals surface area contributed by atoms with Gasteiger partial charge in [-0.25, -0.2) is 13.2 Å². The van der Waals surface area contributed by atoms with Gasteiger partial charge in [-0.05, 0) is 43.9 Å². The van der Waals surface area contributed by atoms with Crippen molar-refractivity contribution in [3.05, 3.63) is 22.7 Å². The standard InChI is InChI=1S/C19H24BrN5O4S/c20-13-5-6-15-14(10-13)16(30(28,29)25-8-1-2-9-25)18(22-15)23-19(27)24-7-3-4-12(11-24)17(21)26/h5-6,10,12,22H,1-4,7-9,11H2,(H2,21,26)(H,23,27). The molecule has 4 N–H and O–H groups in total. The van der Waals surface area contributed by atoms with Gasteiger partial charge in [0.1, 0.15) is 10.7 Å². The van der Waals surface area contributed by atoms with Crippen molar-refractivity contribution in [1.29, 1.82) is 0 Å². The summed E-state index contributed by atoms with van der Waals surface area (Å²) in [6.07, 6.45) is 2.94. The number of piperidine rings is 1. The van der Waals surface area contributed by atoms with Crippen molar-refractivity contribution in [3.8, 4) is 0 Å². The highest BCUT2D eigenvalue weighted by Gasteiger charge is 2.34. The Kier molecular flexibility index (Phi) is 5.78. The smallest absolute Gasteiger partial charge is 0.323 e. The van der Waals surface area contributed by atoms with Gasteiger partial charge in [-0.1, -0.05) is 15.9 Å². The molecule has 2 saturated heterocycles. The van der Waals surface area contributed by atoms with Crippen molar-refractivity contribution in [2.45, 2.75) is 30.6 Å². The van der Waals surface area contributed by atoms with Crippen LogP contribution in [-0.4, -0.2) is 60.7 Å². The molecule has 9 nitrogen and oxygen atoms in total. The fourth-order valence-electron chi connectivity index (χ4n) is 4.13. The number of primary amides is 1. The van der Waals surface area contributed by atoms with Gasteiger partial charge in [0.25, 0.3) is 0 Å². The van der Waals surface area contributed by atoms with Gasteiger partial charge in [-0.15, -0.1) is 0 Å². The topological polar surface area (TPSA) is 129 Å². The number of carbonyl (C=O) groups is 2. The highest BCUT2D eigenvalue weighted by molar-refractivity contribution is 9.10. The van der Waals surface area contributed by atoms with Gasteiger partial charge in [0.05, 0.1) is 5.92 Å². The van der Waals surface area contributed by atoms with E-state index < -0.39 is 27.9 Å². The van der Waals surface area contributed by atoms with Gasteiger partial charge in [0.2, 0.25) is 15.9 Å². The Labute approximate surface area is 183 Å². The van der Waals surface area contributed by atoms with Crippen molar-refractivity contribution < 1.29 is 18.0 Å². The first-order valence-corrected chi connectivity index (χ1v) is 12.2. The van der Waals surface area contributed by atoms with Crippen LogP contribution in [0.3, 0.4) is 0 Å². The number of halogens is 1. The molecule has 1 unspecified atom stereocenters. The van der Waals surface area contributed by atoms with E-state index in [0.717, 1.165) is 17.3 Å². The van der Waals surface area contributed by atoms with Gasteiger partial charge in [0.15, 0.2) is 0 Å². The summed E-state index contributed by atoms with van der Waals surface area (Å²) in [5.74, 6) is -0.683. The zero-order valence-electron chi connectivity index (χ0n) is 16.4. The van der Waals surface area contributed by atoms with Crippen LogP contribution in [0.25, 0.3) is 10.9 Å². The van der Waals surface area contributed by atoms with E-state index in [1.807, 2.05) is 0 Å². The van der Waals surface area contributed by atoms with Crippen molar-refractivity contribution in [2.75, 3.05) is 31.5 Å². The van der Waals surface area contributed by atoms with Crippen LogP contribution >= 0.6 is 15.9 Å². The minimum absolute atomic E-state index is 0.0671. The lowest BCUT2D eigenvalue weighted by molar-refractivity contribution is -0.123. The number of benzene rings is 1. The van der Waals surface area contributed by atoms with E-state index in [2.05, 4.69) is 26.2 Å². The number of nitrogens with two attached hydrogens (primary N) is 1. The number of hydrogen-bond donors (Lipinski definition) is 3. The largest absolute Gasteiger partial charge is 0.369 e. The maximum absolute atomic E-state index is 13.4. The molecule has 1 aromatic heterocycles. The van der Waals surface area contributed by atoms with Crippen LogP contribution in [0, 0.1) is 5.92 Å². The molecule has 2 aliphatic heterocycles. The first kappa shape index (κ1) is 21.1. The molecule has 3 amide bonds. The highest BCUT2D eigenvalue weighted by Crippen LogP contribution is 2.36. The van der Waals surface area contributed by atoms with Gasteiger partial charge < -0.3 is 15.6 Å². The second-order valence-corrected chi connectivity index (χ2v) is 10.5. The lowest BCUT2D eigenvalue weighted by Crippen LogP contribution is -2.46. The minimum Gasteiger partial charge on any atom is -0.369 e. The summed E-state index contributed by atoms with van der Waals surface area (Å²) in [6.45, 7) is 1.63. The molecule has 3 heterocycles. The highest BCUT2D eigenvalue weighted by atomic mass is 79.9. The van der Waals surface area contributed by atoms with Gasteiger partial charge in [-0.3, -0.25) is 10.1 Å². The first-order valence-electron chi connectivity index (χ1n) is 9.94. The van der Waals surface area contributed by atoms with Crippen LogP contribution in [0.1, 0.15) is 25.7 Å². The van der Waals surface area contributed by atoms with Gasteiger partial charge in [0, 0.05) is 41.6 Å². The number of H-pyrrole nitrogens is 1. The first-order chi connectivity index (χ1) is 14.3. The Hall–Kier alpha value is -2.11. The number of hydrogen-bond acceptors (Lipinski definition) is 4. The van der Waals surface area contributed by atoms with Crippen molar-refractivity contribution in [2.24, 2.45) is 11.7 Å². The lowest BCUT2D eigenvalue weighted by Gasteiger charge is -2.31. The third-order valence-corrected chi connectivity index (χ3v) is 8.20. The summed E-state index contributed by atoms with van der Waals surface area (Å²) < 4.78 is 29.0. The average Bonchev–Trinajstić information content (AvgIpc) is 3.36. The molecule has 2 fully saturated rings. The quantitative estimate of drug-likeness (QED) is 0.598. The molecule has 0 radical (unpaired) electrons. The number of fused-ring (bicyclic) bond motifs is 1. The normalized spacial score (nSPS) is 20.6. The molecule has 0 spiro atoms. The summed E-state index contributed by atoms with van der Waals surface area (Å²) in [7, 11) is -3.80. The van der Waals surface area contributed by atoms with E-state index in [4.69, 9.17) is 5.73 Å². The lowest BCUT2D eigenvalue weighted by atomic mass is 9.98. The maximum atomic E-state index is 13.4. The van der Waals surface area contributed by atoms with E-state index in [1.54, 1.807) is 18.2 Å². The molecule has 162 valence electrons. The second-order valence-electron chi connectivity index (χ2n) is 7.75. The molecule has 0 aliphatic carbocycles. The number of aromatic amines is 1. The van der Waals surface area contributed by atoms with Crippen LogP contribution in [0.2, 0.25) is 0 Å². The predicted octanol–water partition coefficient (Wildman–Crippen LogP) is 2.44. The minimum atomic E-state index is -3.80. The van der Waals surface area contributed by atoms with Crippen LogP contribution in [-0.2, 0) is 14.8 Å². The Bertz CT molecular complexity index is 1090. The third-order valence-electron chi connectivity index (χ3n) is 5.72. The van der Waals surface area contributed by atoms with E-state index in [0.29, 0.717) is 43.4 Å². The summed E-state index contributed by atoms with van der Waals surface area (Å²) in [5, 5.41) is 3.25. The summed E-state index contributed by atoms with van der Waals surface area (Å²) in [4.78, 5) is 29.1. The molecule has 4 rings (SSSR count). The molecular weight excluding hydrogens is 474 g/mol. The number of sulfonamides is 1. The summed E-state index contributed by atoms with van der Waals surface area (Å²) >= 11 is 3.40. The molecule has 0 saturated carbocycles. The number of urea groups is 1. The number of rotatable bonds is 4. The molecular formula is C19H24BrN5O4S. The fourth-order valence-corrected chi connectivity index (χ4v) is 6.30. The van der Waals surface area contributed by atoms with Crippen LogP contribution < -0.4 is 11.1 Å². The van der Waals surface area contributed by atoms with Crippen LogP contribution in [0.4, 0.5) is 10.6 Å². The molecule has 2 aromatic rings. The number of nitrogens with zero attached hydrogens (tertiary/aromatic N) is 2. The zero-order chi connectivity index (χ0) is 21.5. The summed E-state index contributed by atoms with van der Waals surface area (Å²) in [5.41, 5.74) is 6.02. The monoisotopic (exact) mass is 497 g/mol. The zero-order valence-corrected chi connectivity index (χ0v) is 18.8. The Morgan fingerprint density at radius 3 is 2.60 bits per heavy atom. The number of likely N-dealkylation sites (tertiary alicyclic amines) is 1. The number of amides is 3. The Balaban J connectivity index is 1.70. The SMILES string of the molecule is NC(=O)C1CCCN(C(=O)Nc2[nH]c3ccc(Br)cc3c2S(=O)(=O)N2CCCC2)C1. The van der Waals surface area contributed by atoms with E-state index in [9.17, 15) is 18.0 Å². The number of nitrogens with one attached hydrogen (secondary N) is 2. The Morgan fingerprint density at radius 1 is 1.17 bits per heavy atom. The molecule has 11 heteroatoms. The number of anilines is 1. The molecule has 1 aromatic carbocycles. The van der Waals surface area contributed by atoms with Gasteiger partial charge >= 0.3 is 6.03 Å². The van der Waals surface area contributed by atoms with Gasteiger partial charge in [-0.2, -0.15) is 4.31 Å². The molecule has 0 bridgehead atoms. The Morgan fingerprint density at radius 2 is 1.90 bits per heavy atom. The van der Waals surface area contributed by atoms with Crippen LogP contribution in [0.15, 0.2) is 27.6 Å². The van der Waals surface area contributed by atoms with E-state index in [-0.39, 0.29) is 17.3 Å². The van der Waals surface area contributed by atoms with E-state index in [1.165, 1.54) is 9.21 Å². The average molecular weight is 498 g/mol. The molecule has 1 atom stereocenters. The number of aromatic nitrogens is 1. The van der Waals surface area contributed by atoms with E-state index >= 15 is 0 Å². The predicted molar refractivity (Wildman–Crippen MR) is 117 cm³/mol. The molecule has 30 heavy (non-hydrogen) atoms. The van der Waals surface area contributed by atoms with Crippen molar-refractivity contribution >= 4 is 54.6 Å². The van der Waals surface area contributed by atoms with Crippen molar-refractivity contribution in [1.82, 2.24) is 14.2 Å². The summed E-state index contributed by atoms with van der Waals surface area (Å²) in [6, 6.07) is 4.85. The van der Waals surface area contributed by atoms with Crippen LogP contribution in [0.5, 0.6) is 0 Å². The third kappa shape index (κ3) is 3.93.